The van der Waals surface area contributed by atoms with E-state index >= 15 is 0 Å². The van der Waals surface area contributed by atoms with Crippen LogP contribution in [0.4, 0.5) is 0 Å². The Morgan fingerprint density at radius 3 is 2.31 bits per heavy atom. The van der Waals surface area contributed by atoms with Crippen LogP contribution in [0.3, 0.4) is 0 Å². The maximum atomic E-state index is 12.6. The highest BCUT2D eigenvalue weighted by atomic mass is 32.2. The predicted octanol–water partition coefficient (Wildman–Crippen LogP) is 5.20. The third kappa shape index (κ3) is 5.21. The molecular weight excluding hydrogens is 420 g/mol. The number of hydrogen-bond acceptors (Lipinski definition) is 4. The summed E-state index contributed by atoms with van der Waals surface area (Å²) in [5.74, 6) is 1.25. The fourth-order valence-electron chi connectivity index (χ4n) is 3.22. The maximum Gasteiger partial charge on any atom is 0.251 e. The molecule has 0 radical (unpaired) electrons. The molecule has 0 bridgehead atoms. The first-order chi connectivity index (χ1) is 15.5. The van der Waals surface area contributed by atoms with E-state index in [-0.39, 0.29) is 5.91 Å². The summed E-state index contributed by atoms with van der Waals surface area (Å²) in [5, 5.41) is 2.93. The smallest absolute Gasteiger partial charge is 0.251 e. The first-order valence-electron chi connectivity index (χ1n) is 10.3. The van der Waals surface area contributed by atoms with Gasteiger partial charge in [0.1, 0.15) is 5.76 Å². The van der Waals surface area contributed by atoms with Crippen molar-refractivity contribution in [3.05, 3.63) is 107 Å². The van der Waals surface area contributed by atoms with Crippen molar-refractivity contribution in [3.8, 4) is 11.5 Å². The quantitative estimate of drug-likeness (QED) is 0.425. The Kier molecular flexibility index (Phi) is 6.61. The summed E-state index contributed by atoms with van der Waals surface area (Å²) >= 11 is 0. The van der Waals surface area contributed by atoms with E-state index in [1.54, 1.807) is 12.1 Å². The zero-order valence-corrected chi connectivity index (χ0v) is 18.8. The van der Waals surface area contributed by atoms with Crippen molar-refractivity contribution in [2.24, 2.45) is 0 Å². The van der Waals surface area contributed by atoms with E-state index in [4.69, 9.17) is 4.42 Å². The molecule has 0 unspecified atom stereocenters. The lowest BCUT2D eigenvalue weighted by atomic mass is 10.1. The molecule has 1 amide bonds. The number of hydrogen-bond donors (Lipinski definition) is 1. The molecule has 1 atom stereocenters. The summed E-state index contributed by atoms with van der Waals surface area (Å²) in [6.07, 6.45) is 0. The van der Waals surface area contributed by atoms with Gasteiger partial charge < -0.3 is 9.73 Å². The number of oxazole rings is 1. The minimum absolute atomic E-state index is 0.139. The number of aryl methyl sites for hydroxylation is 2. The Balaban J connectivity index is 1.41. The Bertz CT molecular complexity index is 1230. The highest BCUT2D eigenvalue weighted by Gasteiger charge is 2.15. The molecule has 0 aliphatic carbocycles. The van der Waals surface area contributed by atoms with Crippen LogP contribution in [0.5, 0.6) is 0 Å². The Morgan fingerprint density at radius 1 is 0.938 bits per heavy atom. The number of aromatic nitrogens is 1. The first kappa shape index (κ1) is 21.7. The van der Waals surface area contributed by atoms with Crippen LogP contribution < -0.4 is 5.32 Å². The SMILES string of the molecule is Cc1ccc(CNC(=O)c2ccc(-c3nc(C[S@](=O)c4ccccc4)c(C)o3)cc2)cc1. The summed E-state index contributed by atoms with van der Waals surface area (Å²) in [5.41, 5.74) is 4.24. The van der Waals surface area contributed by atoms with E-state index in [2.05, 4.69) is 10.3 Å². The van der Waals surface area contributed by atoms with Crippen molar-refractivity contribution < 1.29 is 13.4 Å². The third-order valence-electron chi connectivity index (χ3n) is 5.13. The van der Waals surface area contributed by atoms with Crippen molar-refractivity contribution in [3.63, 3.8) is 0 Å². The molecule has 1 aromatic heterocycles. The standard InChI is InChI=1S/C26H24N2O3S/c1-18-8-10-20(11-9-18)16-27-25(29)21-12-14-22(15-13-21)26-28-24(19(2)31-26)17-32(30)23-6-4-3-5-7-23/h3-15H,16-17H2,1-2H3,(H,27,29)/t32-/m0/s1. The van der Waals surface area contributed by atoms with Crippen LogP contribution in [-0.2, 0) is 23.1 Å². The van der Waals surface area contributed by atoms with Gasteiger partial charge in [-0.3, -0.25) is 9.00 Å². The molecular formula is C26H24N2O3S. The molecule has 4 rings (SSSR count). The number of amides is 1. The van der Waals surface area contributed by atoms with Crippen molar-refractivity contribution in [1.29, 1.82) is 0 Å². The molecule has 4 aromatic rings. The molecule has 0 spiro atoms. The second-order valence-electron chi connectivity index (χ2n) is 7.57. The summed E-state index contributed by atoms with van der Waals surface area (Å²) < 4.78 is 18.4. The monoisotopic (exact) mass is 444 g/mol. The number of carbonyl (C=O) groups excluding carboxylic acids is 1. The average molecular weight is 445 g/mol. The zero-order valence-electron chi connectivity index (χ0n) is 18.0. The number of carbonyl (C=O) groups is 1. The van der Waals surface area contributed by atoms with Gasteiger partial charge >= 0.3 is 0 Å². The van der Waals surface area contributed by atoms with Crippen molar-refractivity contribution in [2.75, 3.05) is 0 Å². The first-order valence-corrected chi connectivity index (χ1v) is 11.7. The van der Waals surface area contributed by atoms with Gasteiger partial charge in [0.05, 0.1) is 22.2 Å². The van der Waals surface area contributed by atoms with Crippen LogP contribution >= 0.6 is 0 Å². The van der Waals surface area contributed by atoms with E-state index in [1.807, 2.05) is 80.6 Å². The van der Waals surface area contributed by atoms with Gasteiger partial charge in [-0.25, -0.2) is 4.98 Å². The van der Waals surface area contributed by atoms with E-state index in [0.717, 1.165) is 16.0 Å². The van der Waals surface area contributed by atoms with Crippen LogP contribution in [-0.4, -0.2) is 15.1 Å². The number of benzene rings is 3. The molecule has 6 heteroatoms. The van der Waals surface area contributed by atoms with Crippen molar-refractivity contribution in [2.45, 2.75) is 31.0 Å². The van der Waals surface area contributed by atoms with E-state index in [0.29, 0.717) is 35.2 Å². The lowest BCUT2D eigenvalue weighted by Gasteiger charge is -2.06. The largest absolute Gasteiger partial charge is 0.441 e. The van der Waals surface area contributed by atoms with Crippen molar-refractivity contribution in [1.82, 2.24) is 10.3 Å². The average Bonchev–Trinajstić information content (AvgIpc) is 3.19. The van der Waals surface area contributed by atoms with Gasteiger partial charge in [-0.1, -0.05) is 48.0 Å². The molecule has 1 heterocycles. The topological polar surface area (TPSA) is 72.2 Å². The summed E-state index contributed by atoms with van der Waals surface area (Å²) in [7, 11) is -1.19. The summed E-state index contributed by atoms with van der Waals surface area (Å²) in [6, 6.07) is 24.5. The molecule has 162 valence electrons. The molecule has 0 aliphatic rings. The fraction of sp³-hybridized carbons (Fsp3) is 0.154. The van der Waals surface area contributed by atoms with E-state index in [1.165, 1.54) is 5.56 Å². The highest BCUT2D eigenvalue weighted by molar-refractivity contribution is 7.84. The van der Waals surface area contributed by atoms with Gasteiger partial charge in [-0.05, 0) is 55.8 Å². The minimum Gasteiger partial charge on any atom is -0.441 e. The van der Waals surface area contributed by atoms with Crippen molar-refractivity contribution >= 4 is 16.7 Å². The lowest BCUT2D eigenvalue weighted by molar-refractivity contribution is 0.0951. The van der Waals surface area contributed by atoms with Gasteiger partial charge in [-0.15, -0.1) is 0 Å². The molecule has 0 saturated heterocycles. The van der Waals surface area contributed by atoms with E-state index < -0.39 is 10.8 Å². The Morgan fingerprint density at radius 2 is 1.62 bits per heavy atom. The third-order valence-corrected chi connectivity index (χ3v) is 6.47. The summed E-state index contributed by atoms with van der Waals surface area (Å²) in [6.45, 7) is 4.33. The van der Waals surface area contributed by atoms with E-state index in [9.17, 15) is 9.00 Å². The molecule has 0 saturated carbocycles. The molecule has 5 nitrogen and oxygen atoms in total. The Hall–Kier alpha value is -3.51. The normalized spacial score (nSPS) is 11.8. The zero-order chi connectivity index (χ0) is 22.5. The molecule has 0 fully saturated rings. The van der Waals surface area contributed by atoms with Gasteiger partial charge in [0.25, 0.3) is 5.91 Å². The summed E-state index contributed by atoms with van der Waals surface area (Å²) in [4.78, 5) is 17.8. The molecule has 32 heavy (non-hydrogen) atoms. The molecule has 1 N–H and O–H groups in total. The number of nitrogens with zero attached hydrogens (tertiary/aromatic N) is 1. The fourth-order valence-corrected chi connectivity index (χ4v) is 4.36. The lowest BCUT2D eigenvalue weighted by Crippen LogP contribution is -2.22. The minimum atomic E-state index is -1.19. The van der Waals surface area contributed by atoms with Crippen LogP contribution in [0.15, 0.2) is 88.2 Å². The number of nitrogens with one attached hydrogen (secondary N) is 1. The van der Waals surface area contributed by atoms with Gasteiger partial charge in [0, 0.05) is 22.6 Å². The Labute approximate surface area is 190 Å². The predicted molar refractivity (Wildman–Crippen MR) is 126 cm³/mol. The van der Waals surface area contributed by atoms with Gasteiger partial charge in [0.2, 0.25) is 5.89 Å². The van der Waals surface area contributed by atoms with Crippen LogP contribution in [0.2, 0.25) is 0 Å². The van der Waals surface area contributed by atoms with Gasteiger partial charge in [-0.2, -0.15) is 0 Å². The maximum absolute atomic E-state index is 12.6. The van der Waals surface area contributed by atoms with Crippen LogP contribution in [0.1, 0.15) is 32.9 Å². The van der Waals surface area contributed by atoms with Crippen LogP contribution in [0.25, 0.3) is 11.5 Å². The van der Waals surface area contributed by atoms with Crippen LogP contribution in [0, 0.1) is 13.8 Å². The second-order valence-corrected chi connectivity index (χ2v) is 9.02. The second kappa shape index (κ2) is 9.75. The van der Waals surface area contributed by atoms with Gasteiger partial charge in [0.15, 0.2) is 0 Å². The molecule has 3 aromatic carbocycles. The molecule has 0 aliphatic heterocycles. The number of rotatable bonds is 7. The highest BCUT2D eigenvalue weighted by Crippen LogP contribution is 2.24.